The zero-order valence-electron chi connectivity index (χ0n) is 32.9. The van der Waals surface area contributed by atoms with Gasteiger partial charge in [0.25, 0.3) is 0 Å². The zero-order valence-corrected chi connectivity index (χ0v) is 32.9. The summed E-state index contributed by atoms with van der Waals surface area (Å²) in [6.07, 6.45) is 10.0. The largest absolute Gasteiger partial charge is 0.363 e. The van der Waals surface area contributed by atoms with Gasteiger partial charge < -0.3 is 10.2 Å². The smallest absolute Gasteiger partial charge is 0.129 e. The lowest BCUT2D eigenvalue weighted by atomic mass is 9.70. The number of nitrogens with zero attached hydrogens (tertiary/aromatic N) is 4. The third-order valence-corrected chi connectivity index (χ3v) is 13.1. The summed E-state index contributed by atoms with van der Waals surface area (Å²) in [5, 5.41) is 8.78. The number of aromatic nitrogens is 2. The van der Waals surface area contributed by atoms with E-state index in [-0.39, 0.29) is 17.5 Å². The van der Waals surface area contributed by atoms with Gasteiger partial charge in [-0.2, -0.15) is 5.10 Å². The molecule has 4 aromatic rings. The second-order valence-electron chi connectivity index (χ2n) is 16.2. The Hall–Kier alpha value is -4.71. The van der Waals surface area contributed by atoms with Crippen LogP contribution in [0.25, 0.3) is 5.70 Å². The molecule has 2 aromatic heterocycles. The molecule has 2 saturated heterocycles. The molecule has 6 heteroatoms. The molecule has 53 heavy (non-hydrogen) atoms. The molecular formula is C47H56N6. The average molecular weight is 705 g/mol. The molecule has 3 fully saturated rings. The van der Waals surface area contributed by atoms with Crippen LogP contribution in [0.3, 0.4) is 0 Å². The van der Waals surface area contributed by atoms with E-state index in [9.17, 15) is 0 Å². The Bertz CT molecular complexity index is 2170. The fourth-order valence-corrected chi connectivity index (χ4v) is 10.2. The Labute approximate surface area is 316 Å². The van der Waals surface area contributed by atoms with Gasteiger partial charge in [0.15, 0.2) is 0 Å². The maximum absolute atomic E-state index is 5.68. The van der Waals surface area contributed by atoms with E-state index in [4.69, 9.17) is 21.6 Å². The third-order valence-electron chi connectivity index (χ3n) is 13.1. The zero-order chi connectivity index (χ0) is 37.2. The highest BCUT2D eigenvalue weighted by Gasteiger charge is 2.63. The lowest BCUT2D eigenvalue weighted by Crippen LogP contribution is -2.38. The second kappa shape index (κ2) is 13.6. The van der Waals surface area contributed by atoms with Gasteiger partial charge in [0, 0.05) is 41.7 Å². The van der Waals surface area contributed by atoms with Gasteiger partial charge in [0.05, 0.1) is 28.7 Å². The van der Waals surface area contributed by atoms with Gasteiger partial charge in [-0.25, -0.2) is 4.98 Å². The van der Waals surface area contributed by atoms with Crippen LogP contribution >= 0.6 is 0 Å². The molecule has 10 rings (SSSR count). The van der Waals surface area contributed by atoms with E-state index in [0.29, 0.717) is 6.42 Å². The van der Waals surface area contributed by atoms with Crippen LogP contribution in [0, 0.1) is 33.6 Å². The van der Waals surface area contributed by atoms with Crippen molar-refractivity contribution in [2.24, 2.45) is 11.0 Å². The maximum Gasteiger partial charge on any atom is 0.129 e. The highest BCUT2D eigenvalue weighted by molar-refractivity contribution is 6.06. The minimum Gasteiger partial charge on any atom is -0.363 e. The van der Waals surface area contributed by atoms with E-state index in [2.05, 4.69) is 99.3 Å². The SMILES string of the molecule is C=C1CC(c2c(CCc3ccccc3C)nc3c(c2C(C)Cc2ccnc(NC4CCc5c4ccc(C)c5C)c2C)C(=C)N2CC4CC32C4)=NN1.CC. The molecule has 0 amide bonds. The van der Waals surface area contributed by atoms with E-state index in [0.717, 1.165) is 67.5 Å². The summed E-state index contributed by atoms with van der Waals surface area (Å²) >= 11 is 0. The molecule has 2 unspecified atom stereocenters. The van der Waals surface area contributed by atoms with Crippen molar-refractivity contribution in [2.45, 2.75) is 117 Å². The highest BCUT2D eigenvalue weighted by Crippen LogP contribution is 2.65. The van der Waals surface area contributed by atoms with E-state index in [1.807, 2.05) is 20.0 Å². The Balaban J connectivity index is 0.00000197. The van der Waals surface area contributed by atoms with Gasteiger partial charge in [-0.1, -0.05) is 70.3 Å². The third kappa shape index (κ3) is 5.71. The van der Waals surface area contributed by atoms with E-state index in [1.165, 1.54) is 85.4 Å². The topological polar surface area (TPSA) is 65.4 Å². The number of aryl methyl sites for hydroxylation is 4. The van der Waals surface area contributed by atoms with Crippen molar-refractivity contribution in [3.8, 4) is 0 Å². The van der Waals surface area contributed by atoms with Crippen LogP contribution in [0.2, 0.25) is 0 Å². The summed E-state index contributed by atoms with van der Waals surface area (Å²) in [7, 11) is 0. The number of allylic oxidation sites excluding steroid dienone is 1. The first-order valence-electron chi connectivity index (χ1n) is 20.0. The maximum atomic E-state index is 5.68. The van der Waals surface area contributed by atoms with Crippen molar-refractivity contribution in [1.82, 2.24) is 20.3 Å². The Morgan fingerprint density at radius 1 is 0.943 bits per heavy atom. The number of hydrogen-bond acceptors (Lipinski definition) is 6. The molecular weight excluding hydrogens is 649 g/mol. The quantitative estimate of drug-likeness (QED) is 0.182. The molecule has 1 saturated carbocycles. The minimum absolute atomic E-state index is 0.0129. The standard InChI is InChI=1S/C45H50N6.C2H6/c1-25-12-14-36-35(29(25)5)15-17-37(36)48-44-30(6)34(18-19-46-44)20-27(3)40-41-31(7)51-24-32-22-45(51,23-32)43(41)47-38(42(40)39-21-28(4)49-50-39)16-13-33-11-9-8-10-26(33)2;1-2/h8-12,14,18-19,27,32,37,49H,4,7,13,15-17,20-24H2,1-3,5-6H3,(H,46,48);1-2H3. The molecule has 2 bridgehead atoms. The predicted molar refractivity (Wildman–Crippen MR) is 219 cm³/mol. The molecule has 6 heterocycles. The van der Waals surface area contributed by atoms with Gasteiger partial charge in [-0.15, -0.1) is 0 Å². The monoisotopic (exact) mass is 704 g/mol. The van der Waals surface area contributed by atoms with Crippen molar-refractivity contribution in [3.05, 3.63) is 140 Å². The van der Waals surface area contributed by atoms with Crippen molar-refractivity contribution in [3.63, 3.8) is 0 Å². The Morgan fingerprint density at radius 3 is 2.49 bits per heavy atom. The van der Waals surface area contributed by atoms with Crippen LogP contribution in [0.5, 0.6) is 0 Å². The van der Waals surface area contributed by atoms with Crippen LogP contribution in [-0.2, 0) is 31.2 Å². The molecule has 1 spiro atoms. The predicted octanol–water partition coefficient (Wildman–Crippen LogP) is 10.1. The summed E-state index contributed by atoms with van der Waals surface area (Å²) in [6.45, 7) is 25.5. The highest BCUT2D eigenvalue weighted by atomic mass is 15.3. The number of hydrogen-bond donors (Lipinski definition) is 2. The molecule has 2 atom stereocenters. The van der Waals surface area contributed by atoms with E-state index >= 15 is 0 Å². The first-order chi connectivity index (χ1) is 25.6. The van der Waals surface area contributed by atoms with E-state index < -0.39 is 0 Å². The van der Waals surface area contributed by atoms with Crippen LogP contribution < -0.4 is 10.7 Å². The molecule has 2 N–H and O–H groups in total. The van der Waals surface area contributed by atoms with Crippen LogP contribution in [0.15, 0.2) is 72.6 Å². The van der Waals surface area contributed by atoms with Gasteiger partial charge in [0.2, 0.25) is 0 Å². The molecule has 274 valence electrons. The number of anilines is 1. The molecule has 2 aliphatic carbocycles. The van der Waals surface area contributed by atoms with Crippen molar-refractivity contribution in [1.29, 1.82) is 0 Å². The Morgan fingerprint density at radius 2 is 1.74 bits per heavy atom. The number of fused-ring (bicyclic) bond motifs is 2. The minimum atomic E-state index is 0.0129. The van der Waals surface area contributed by atoms with Gasteiger partial charge in [-0.05, 0) is 141 Å². The molecule has 4 aliphatic heterocycles. The first kappa shape index (κ1) is 35.3. The Kier molecular flexibility index (Phi) is 9.07. The van der Waals surface area contributed by atoms with Crippen molar-refractivity contribution < 1.29 is 0 Å². The van der Waals surface area contributed by atoms with Crippen molar-refractivity contribution >= 4 is 17.2 Å². The molecule has 0 radical (unpaired) electrons. The van der Waals surface area contributed by atoms with Crippen LogP contribution in [-0.4, -0.2) is 27.1 Å². The van der Waals surface area contributed by atoms with E-state index in [1.54, 1.807) is 0 Å². The summed E-state index contributed by atoms with van der Waals surface area (Å²) in [4.78, 5) is 13.2. The number of nitrogens with one attached hydrogen (secondary N) is 2. The van der Waals surface area contributed by atoms with Crippen LogP contribution in [0.1, 0.15) is 131 Å². The lowest BCUT2D eigenvalue weighted by Gasteiger charge is -2.38. The second-order valence-corrected chi connectivity index (χ2v) is 16.2. The number of pyridine rings is 2. The summed E-state index contributed by atoms with van der Waals surface area (Å²) in [6, 6.07) is 15.9. The molecule has 6 aliphatic rings. The molecule has 2 aromatic carbocycles. The number of hydrazone groups is 1. The van der Waals surface area contributed by atoms with Crippen LogP contribution in [0.4, 0.5) is 5.82 Å². The summed E-state index contributed by atoms with van der Waals surface area (Å²) < 4.78 is 0. The molecule has 6 nitrogen and oxygen atoms in total. The van der Waals surface area contributed by atoms with Gasteiger partial charge in [-0.3, -0.25) is 10.4 Å². The summed E-state index contributed by atoms with van der Waals surface area (Å²) in [5.74, 6) is 1.96. The fourth-order valence-electron chi connectivity index (χ4n) is 10.2. The van der Waals surface area contributed by atoms with Crippen molar-refractivity contribution in [2.75, 3.05) is 11.9 Å². The van der Waals surface area contributed by atoms with Gasteiger partial charge in [0.1, 0.15) is 5.82 Å². The fraction of sp³-hybridized carbons (Fsp3) is 0.426. The first-order valence-corrected chi connectivity index (χ1v) is 20.0. The summed E-state index contributed by atoms with van der Waals surface area (Å²) in [5.41, 5.74) is 23.7. The lowest BCUT2D eigenvalue weighted by molar-refractivity contribution is 0.162. The average Bonchev–Trinajstić information content (AvgIpc) is 3.96. The normalized spacial score (nSPS) is 22.3. The van der Waals surface area contributed by atoms with Gasteiger partial charge >= 0.3 is 0 Å². The number of benzene rings is 2. The number of rotatable bonds is 9.